The van der Waals surface area contributed by atoms with Crippen LogP contribution in [0.3, 0.4) is 0 Å². The van der Waals surface area contributed by atoms with Gasteiger partial charge in [0, 0.05) is 30.8 Å². The summed E-state index contributed by atoms with van der Waals surface area (Å²) in [5.41, 5.74) is 2.35. The van der Waals surface area contributed by atoms with Crippen LogP contribution in [0.2, 0.25) is 0 Å². The normalized spacial score (nSPS) is 18.6. The maximum atomic E-state index is 13.2. The molecule has 150 valence electrons. The Bertz CT molecular complexity index is 1020. The minimum absolute atomic E-state index is 0.0272. The Balaban J connectivity index is 1.40. The molecule has 0 radical (unpaired) electrons. The average Bonchev–Trinajstić information content (AvgIpc) is 3.44. The molecule has 2 saturated heterocycles. The molecule has 2 fully saturated rings. The molecule has 0 aliphatic carbocycles. The molecule has 2 aliphatic rings. The Labute approximate surface area is 169 Å². The molecule has 3 aromatic rings. The van der Waals surface area contributed by atoms with Crippen LogP contribution in [-0.4, -0.2) is 67.6 Å². The van der Waals surface area contributed by atoms with Crippen molar-refractivity contribution < 1.29 is 9.90 Å². The second-order valence-corrected chi connectivity index (χ2v) is 7.93. The van der Waals surface area contributed by atoms with Gasteiger partial charge >= 0.3 is 0 Å². The van der Waals surface area contributed by atoms with E-state index in [9.17, 15) is 9.90 Å². The molecule has 2 aliphatic heterocycles. The van der Waals surface area contributed by atoms with Gasteiger partial charge in [-0.15, -0.1) is 0 Å². The predicted molar refractivity (Wildman–Crippen MR) is 110 cm³/mol. The molecule has 29 heavy (non-hydrogen) atoms. The minimum atomic E-state index is -0.0583. The Kier molecular flexibility index (Phi) is 4.67. The van der Waals surface area contributed by atoms with E-state index in [1.54, 1.807) is 6.07 Å². The lowest BCUT2D eigenvalue weighted by molar-refractivity contribution is 0.0646. The summed E-state index contributed by atoms with van der Waals surface area (Å²) in [6, 6.07) is 11.8. The van der Waals surface area contributed by atoms with E-state index in [0.717, 1.165) is 31.5 Å². The number of carbonyl (C=O) groups is 1. The Morgan fingerprint density at radius 1 is 1.03 bits per heavy atom. The van der Waals surface area contributed by atoms with Gasteiger partial charge in [0.2, 0.25) is 5.88 Å². The first-order valence-corrected chi connectivity index (χ1v) is 10.4. The fourth-order valence-electron chi connectivity index (χ4n) is 4.57. The first kappa shape index (κ1) is 18.1. The molecule has 1 amide bonds. The lowest BCUT2D eigenvalue weighted by Crippen LogP contribution is -2.45. The van der Waals surface area contributed by atoms with E-state index >= 15 is 0 Å². The van der Waals surface area contributed by atoms with E-state index in [1.807, 2.05) is 35.2 Å². The first-order valence-electron chi connectivity index (χ1n) is 10.4. The largest absolute Gasteiger partial charge is 0.493 e. The summed E-state index contributed by atoms with van der Waals surface area (Å²) >= 11 is 0. The van der Waals surface area contributed by atoms with E-state index in [2.05, 4.69) is 15.0 Å². The molecular formula is C22H25N5O2. The number of carbonyl (C=O) groups excluding carboxylic acids is 1. The van der Waals surface area contributed by atoms with Crippen LogP contribution in [0.4, 0.5) is 0 Å². The molecule has 0 bridgehead atoms. The fourth-order valence-corrected chi connectivity index (χ4v) is 4.57. The van der Waals surface area contributed by atoms with E-state index in [4.69, 9.17) is 0 Å². The van der Waals surface area contributed by atoms with Crippen molar-refractivity contribution in [2.45, 2.75) is 31.7 Å². The van der Waals surface area contributed by atoms with Gasteiger partial charge in [-0.25, -0.2) is 4.98 Å². The molecule has 1 N–H and O–H groups in total. The topological polar surface area (TPSA) is 74.0 Å². The van der Waals surface area contributed by atoms with E-state index in [-0.39, 0.29) is 11.8 Å². The summed E-state index contributed by atoms with van der Waals surface area (Å²) in [5.74, 6) is -0.0855. The van der Waals surface area contributed by atoms with Crippen molar-refractivity contribution in [3.63, 3.8) is 0 Å². The lowest BCUT2D eigenvalue weighted by Gasteiger charge is -2.36. The third kappa shape index (κ3) is 3.35. The SMILES string of the molecule is O=C(c1cnn2c(O)cc(-c3ccccc3)nc12)N1CCC(N2CCCC2)CC1. The smallest absolute Gasteiger partial charge is 0.259 e. The number of amides is 1. The van der Waals surface area contributed by atoms with Gasteiger partial charge in [0.05, 0.1) is 11.9 Å². The second-order valence-electron chi connectivity index (χ2n) is 7.93. The molecule has 2 aromatic heterocycles. The van der Waals surface area contributed by atoms with Crippen molar-refractivity contribution in [1.29, 1.82) is 0 Å². The van der Waals surface area contributed by atoms with Crippen LogP contribution in [0.15, 0.2) is 42.6 Å². The first-order chi connectivity index (χ1) is 14.2. The van der Waals surface area contributed by atoms with Gasteiger partial charge in [-0.3, -0.25) is 4.79 Å². The van der Waals surface area contributed by atoms with Crippen LogP contribution in [0.5, 0.6) is 5.88 Å². The number of benzene rings is 1. The van der Waals surface area contributed by atoms with Gasteiger partial charge < -0.3 is 14.9 Å². The van der Waals surface area contributed by atoms with Gasteiger partial charge in [0.25, 0.3) is 5.91 Å². The van der Waals surface area contributed by atoms with Crippen molar-refractivity contribution in [2.75, 3.05) is 26.2 Å². The number of aromatic nitrogens is 3. The highest BCUT2D eigenvalue weighted by atomic mass is 16.3. The number of fused-ring (bicyclic) bond motifs is 1. The number of piperidine rings is 1. The Morgan fingerprint density at radius 2 is 1.76 bits per heavy atom. The fraction of sp³-hybridized carbons (Fsp3) is 0.409. The number of nitrogens with zero attached hydrogens (tertiary/aromatic N) is 5. The Hall–Kier alpha value is -2.93. The molecule has 5 rings (SSSR count). The number of likely N-dealkylation sites (tertiary alicyclic amines) is 2. The summed E-state index contributed by atoms with van der Waals surface area (Å²) in [6.45, 7) is 3.89. The van der Waals surface area contributed by atoms with Gasteiger partial charge in [-0.1, -0.05) is 30.3 Å². The van der Waals surface area contributed by atoms with Gasteiger partial charge in [0.1, 0.15) is 5.56 Å². The zero-order valence-electron chi connectivity index (χ0n) is 16.4. The highest BCUT2D eigenvalue weighted by molar-refractivity contribution is 6.00. The number of aromatic hydroxyl groups is 1. The molecule has 7 nitrogen and oxygen atoms in total. The van der Waals surface area contributed by atoms with Crippen molar-refractivity contribution in [1.82, 2.24) is 24.4 Å². The second kappa shape index (κ2) is 7.48. The minimum Gasteiger partial charge on any atom is -0.493 e. The molecule has 1 aromatic carbocycles. The third-order valence-electron chi connectivity index (χ3n) is 6.16. The molecule has 0 unspecified atom stereocenters. The predicted octanol–water partition coefficient (Wildman–Crippen LogP) is 2.80. The number of hydrogen-bond acceptors (Lipinski definition) is 5. The van der Waals surface area contributed by atoms with Crippen molar-refractivity contribution in [3.05, 3.63) is 48.2 Å². The van der Waals surface area contributed by atoms with Crippen LogP contribution in [0.1, 0.15) is 36.0 Å². The zero-order chi connectivity index (χ0) is 19.8. The van der Waals surface area contributed by atoms with Gasteiger partial charge in [-0.2, -0.15) is 9.61 Å². The van der Waals surface area contributed by atoms with Crippen LogP contribution in [-0.2, 0) is 0 Å². The van der Waals surface area contributed by atoms with Crippen LogP contribution < -0.4 is 0 Å². The number of hydrogen-bond donors (Lipinski definition) is 1. The third-order valence-corrected chi connectivity index (χ3v) is 6.16. The Morgan fingerprint density at radius 3 is 2.48 bits per heavy atom. The van der Waals surface area contributed by atoms with Crippen LogP contribution in [0.25, 0.3) is 16.9 Å². The number of rotatable bonds is 3. The van der Waals surface area contributed by atoms with E-state index in [1.165, 1.54) is 36.6 Å². The van der Waals surface area contributed by atoms with Crippen molar-refractivity contribution in [2.24, 2.45) is 0 Å². The molecule has 4 heterocycles. The lowest BCUT2D eigenvalue weighted by atomic mass is 10.0. The molecule has 0 saturated carbocycles. The summed E-state index contributed by atoms with van der Waals surface area (Å²) in [5, 5.41) is 14.6. The van der Waals surface area contributed by atoms with E-state index < -0.39 is 0 Å². The van der Waals surface area contributed by atoms with Gasteiger partial charge in [0.15, 0.2) is 5.65 Å². The molecule has 7 heteroatoms. The van der Waals surface area contributed by atoms with Crippen molar-refractivity contribution >= 4 is 11.6 Å². The maximum Gasteiger partial charge on any atom is 0.259 e. The molecule has 0 atom stereocenters. The average molecular weight is 391 g/mol. The van der Waals surface area contributed by atoms with Crippen LogP contribution >= 0.6 is 0 Å². The quantitative estimate of drug-likeness (QED) is 0.743. The monoisotopic (exact) mass is 391 g/mol. The van der Waals surface area contributed by atoms with Crippen molar-refractivity contribution in [3.8, 4) is 17.1 Å². The summed E-state index contributed by atoms with van der Waals surface area (Å²) in [7, 11) is 0. The van der Waals surface area contributed by atoms with Gasteiger partial charge in [-0.05, 0) is 38.8 Å². The zero-order valence-corrected chi connectivity index (χ0v) is 16.4. The summed E-state index contributed by atoms with van der Waals surface area (Å²) < 4.78 is 1.33. The molecule has 0 spiro atoms. The van der Waals surface area contributed by atoms with Crippen LogP contribution in [0, 0.1) is 0 Å². The highest BCUT2D eigenvalue weighted by Gasteiger charge is 2.30. The summed E-state index contributed by atoms with van der Waals surface area (Å²) in [6.07, 6.45) is 6.13. The van der Waals surface area contributed by atoms with E-state index in [0.29, 0.717) is 22.9 Å². The standard InChI is InChI=1S/C22H25N5O2/c28-20-14-19(16-6-2-1-3-7-16)24-21-18(15-23-27(20)21)22(29)26-12-8-17(9-13-26)25-10-4-5-11-25/h1-3,6-7,14-15,17,28H,4-5,8-13H2. The highest BCUT2D eigenvalue weighted by Crippen LogP contribution is 2.26. The maximum absolute atomic E-state index is 13.2. The summed E-state index contributed by atoms with van der Waals surface area (Å²) in [4.78, 5) is 22.3. The molecular weight excluding hydrogens is 366 g/mol.